The smallest absolute Gasteiger partial charge is 0.309 e. The van der Waals surface area contributed by atoms with Crippen LogP contribution >= 0.6 is 0 Å². The number of aliphatic carboxylic acids is 1. The normalized spacial score (nSPS) is 16.6. The van der Waals surface area contributed by atoms with Gasteiger partial charge in [-0.3, -0.25) is 4.79 Å². The van der Waals surface area contributed by atoms with E-state index in [-0.39, 0.29) is 5.41 Å². The van der Waals surface area contributed by atoms with Gasteiger partial charge in [-0.05, 0) is 64.5 Å². The fourth-order valence-corrected chi connectivity index (χ4v) is 5.83. The second-order valence-corrected chi connectivity index (χ2v) is 12.9. The van der Waals surface area contributed by atoms with Crippen LogP contribution in [0.2, 0.25) is 0 Å². The summed E-state index contributed by atoms with van der Waals surface area (Å²) in [6.07, 6.45) is 26.7. The van der Waals surface area contributed by atoms with Crippen molar-refractivity contribution in [1.82, 2.24) is 4.90 Å². The number of carboxylic acid groups (broad SMARTS) is 1. The van der Waals surface area contributed by atoms with Crippen LogP contribution in [0.1, 0.15) is 163 Å². The number of hydrogen-bond donors (Lipinski definition) is 1. The summed E-state index contributed by atoms with van der Waals surface area (Å²) in [5.74, 6) is -0.653. The maximum Gasteiger partial charge on any atom is 0.309 e. The van der Waals surface area contributed by atoms with Gasteiger partial charge in [-0.1, -0.05) is 117 Å². The molecule has 0 radical (unpaired) electrons. The molecule has 0 amide bonds. The topological polar surface area (TPSA) is 40.5 Å². The molecule has 0 aromatic carbocycles. The van der Waals surface area contributed by atoms with Crippen molar-refractivity contribution in [2.24, 2.45) is 10.8 Å². The summed E-state index contributed by atoms with van der Waals surface area (Å²) in [5.41, 5.74) is -0.360. The number of likely N-dealkylation sites (tertiary alicyclic amines) is 1. The van der Waals surface area contributed by atoms with Crippen molar-refractivity contribution in [3.63, 3.8) is 0 Å². The number of unbranched alkanes of at least 4 members (excludes halogenated alkanes) is 13. The van der Waals surface area contributed by atoms with E-state index in [0.717, 1.165) is 25.9 Å². The minimum absolute atomic E-state index is 0.286. The molecule has 1 N–H and O–H groups in total. The number of rotatable bonds is 21. The molecule has 1 fully saturated rings. The Labute approximate surface area is 213 Å². The lowest BCUT2D eigenvalue weighted by Crippen LogP contribution is -2.45. The molecule has 1 aliphatic heterocycles. The average Bonchev–Trinajstić information content (AvgIpc) is 2.79. The van der Waals surface area contributed by atoms with Gasteiger partial charge in [0.1, 0.15) is 0 Å². The Balaban J connectivity index is 2.21. The molecule has 1 saturated heterocycles. The number of nitrogens with zero attached hydrogens (tertiary/aromatic N) is 1. The van der Waals surface area contributed by atoms with Crippen molar-refractivity contribution in [3.8, 4) is 0 Å². The molecule has 0 saturated carbocycles. The molecule has 3 heteroatoms. The summed E-state index contributed by atoms with van der Waals surface area (Å²) in [7, 11) is 0. The first kappa shape index (κ1) is 31.5. The van der Waals surface area contributed by atoms with Gasteiger partial charge in [-0.25, -0.2) is 0 Å². The average molecular weight is 480 g/mol. The quantitative estimate of drug-likeness (QED) is 0.167. The number of carbonyl (C=O) groups is 1. The molecule has 0 bridgehead atoms. The van der Waals surface area contributed by atoms with Gasteiger partial charge in [0, 0.05) is 6.04 Å². The zero-order valence-corrected chi connectivity index (χ0v) is 23.9. The lowest BCUT2D eigenvalue weighted by Gasteiger charge is -2.41. The van der Waals surface area contributed by atoms with Crippen LogP contribution in [0, 0.1) is 10.8 Å². The van der Waals surface area contributed by atoms with Crippen LogP contribution in [-0.4, -0.2) is 35.1 Å². The fourth-order valence-electron chi connectivity index (χ4n) is 5.83. The Hall–Kier alpha value is -0.570. The number of carboxylic acids is 1. The fraction of sp³-hybridized carbons (Fsp3) is 0.968. The van der Waals surface area contributed by atoms with Crippen LogP contribution in [0.5, 0.6) is 0 Å². The number of piperidine rings is 1. The molecule has 34 heavy (non-hydrogen) atoms. The van der Waals surface area contributed by atoms with E-state index in [1.54, 1.807) is 0 Å². The first-order chi connectivity index (χ1) is 16.2. The molecule has 1 heterocycles. The Morgan fingerprint density at radius 2 is 1.15 bits per heavy atom. The molecule has 0 aromatic heterocycles. The minimum atomic E-state index is -0.653. The summed E-state index contributed by atoms with van der Waals surface area (Å²) in [4.78, 5) is 14.4. The van der Waals surface area contributed by atoms with Gasteiger partial charge >= 0.3 is 5.97 Å². The Morgan fingerprint density at radius 3 is 1.59 bits per heavy atom. The summed E-state index contributed by atoms with van der Waals surface area (Å²) in [6, 6.07) is 0.396. The Kier molecular flexibility index (Phi) is 16.5. The Bertz CT molecular complexity index is 508. The third-order valence-corrected chi connectivity index (χ3v) is 8.23. The largest absolute Gasteiger partial charge is 0.481 e. The first-order valence-corrected chi connectivity index (χ1v) is 15.2. The van der Waals surface area contributed by atoms with E-state index in [1.165, 1.54) is 116 Å². The predicted molar refractivity (Wildman–Crippen MR) is 149 cm³/mol. The van der Waals surface area contributed by atoms with Gasteiger partial charge in [-0.2, -0.15) is 0 Å². The molecule has 202 valence electrons. The molecular weight excluding hydrogens is 418 g/mol. The first-order valence-electron chi connectivity index (χ1n) is 15.2. The molecule has 0 spiro atoms. The van der Waals surface area contributed by atoms with Crippen molar-refractivity contribution in [3.05, 3.63) is 0 Å². The van der Waals surface area contributed by atoms with E-state index in [1.807, 2.05) is 13.8 Å². The predicted octanol–water partition coefficient (Wildman–Crippen LogP) is 9.63. The molecular formula is C31H61NO2. The Morgan fingerprint density at radius 1 is 0.706 bits per heavy atom. The van der Waals surface area contributed by atoms with E-state index in [9.17, 15) is 9.90 Å². The molecule has 0 aliphatic carbocycles. The van der Waals surface area contributed by atoms with Crippen LogP contribution in [-0.2, 0) is 4.79 Å². The van der Waals surface area contributed by atoms with Gasteiger partial charge in [0.05, 0.1) is 5.41 Å². The third-order valence-electron chi connectivity index (χ3n) is 8.23. The van der Waals surface area contributed by atoms with Crippen LogP contribution in [0.3, 0.4) is 0 Å². The highest BCUT2D eigenvalue weighted by Gasteiger charge is 2.36. The van der Waals surface area contributed by atoms with Gasteiger partial charge < -0.3 is 10.0 Å². The molecule has 1 aliphatic rings. The molecule has 3 nitrogen and oxygen atoms in total. The zero-order chi connectivity index (χ0) is 25.3. The van der Waals surface area contributed by atoms with E-state index in [2.05, 4.69) is 25.7 Å². The summed E-state index contributed by atoms with van der Waals surface area (Å²) >= 11 is 0. The van der Waals surface area contributed by atoms with Crippen molar-refractivity contribution < 1.29 is 9.90 Å². The maximum absolute atomic E-state index is 11.8. The summed E-state index contributed by atoms with van der Waals surface area (Å²) < 4.78 is 0. The summed E-state index contributed by atoms with van der Waals surface area (Å²) in [6.45, 7) is 13.2. The van der Waals surface area contributed by atoms with Crippen molar-refractivity contribution in [2.75, 3.05) is 13.1 Å². The van der Waals surface area contributed by atoms with Gasteiger partial charge in [0.2, 0.25) is 0 Å². The van der Waals surface area contributed by atoms with Gasteiger partial charge in [0.25, 0.3) is 0 Å². The lowest BCUT2D eigenvalue weighted by molar-refractivity contribution is -0.148. The van der Waals surface area contributed by atoms with E-state index in [4.69, 9.17) is 0 Å². The van der Waals surface area contributed by atoms with Crippen molar-refractivity contribution in [1.29, 1.82) is 0 Å². The van der Waals surface area contributed by atoms with Crippen molar-refractivity contribution >= 4 is 5.97 Å². The summed E-state index contributed by atoms with van der Waals surface area (Å²) in [5, 5.41) is 9.71. The van der Waals surface area contributed by atoms with Crippen molar-refractivity contribution in [2.45, 2.75) is 169 Å². The maximum atomic E-state index is 11.8. The lowest BCUT2D eigenvalue weighted by atomic mass is 9.75. The highest BCUT2D eigenvalue weighted by Crippen LogP contribution is 2.36. The SMILES string of the molecule is CCCCCCCCCCCCCCCCC(C)(C)CC(CC(C)(C)C(=O)O)N1CCCCC1. The number of hydrogen-bond acceptors (Lipinski definition) is 2. The molecule has 1 unspecified atom stereocenters. The molecule has 1 atom stereocenters. The van der Waals surface area contributed by atoms with Crippen LogP contribution in [0.15, 0.2) is 0 Å². The monoisotopic (exact) mass is 479 g/mol. The highest BCUT2D eigenvalue weighted by atomic mass is 16.4. The van der Waals surface area contributed by atoms with Crippen LogP contribution in [0.25, 0.3) is 0 Å². The standard InChI is InChI=1S/C31H61NO2/c1-6-7-8-9-10-11-12-13-14-15-16-17-18-20-23-30(2,3)26-28(27-31(4,5)29(33)34)32-24-21-19-22-25-32/h28H,6-27H2,1-5H3,(H,33,34). The molecule has 0 aromatic rings. The highest BCUT2D eigenvalue weighted by molar-refractivity contribution is 5.73. The van der Waals surface area contributed by atoms with Gasteiger partial charge in [0.15, 0.2) is 0 Å². The van der Waals surface area contributed by atoms with Gasteiger partial charge in [-0.15, -0.1) is 0 Å². The van der Waals surface area contributed by atoms with Crippen LogP contribution in [0.4, 0.5) is 0 Å². The molecule has 1 rings (SSSR count). The van der Waals surface area contributed by atoms with E-state index in [0.29, 0.717) is 6.04 Å². The van der Waals surface area contributed by atoms with E-state index >= 15 is 0 Å². The third kappa shape index (κ3) is 14.7. The van der Waals surface area contributed by atoms with E-state index < -0.39 is 11.4 Å². The van der Waals surface area contributed by atoms with Crippen LogP contribution < -0.4 is 0 Å². The minimum Gasteiger partial charge on any atom is -0.481 e. The second kappa shape index (κ2) is 17.8. The second-order valence-electron chi connectivity index (χ2n) is 12.9. The zero-order valence-electron chi connectivity index (χ0n) is 23.9.